The van der Waals surface area contributed by atoms with Crippen LogP contribution in [-0.2, 0) is 33.3 Å². The van der Waals surface area contributed by atoms with E-state index in [4.69, 9.17) is 23.7 Å². The highest BCUT2D eigenvalue weighted by Gasteiger charge is 2.72. The van der Waals surface area contributed by atoms with Gasteiger partial charge in [-0.15, -0.1) is 0 Å². The minimum Gasteiger partial charge on any atom is -0.462 e. The number of carbonyl (C=O) groups excluding carboxylic acids is 2. The summed E-state index contributed by atoms with van der Waals surface area (Å²) in [4.78, 5) is 25.6. The Bertz CT molecular complexity index is 783. The Labute approximate surface area is 169 Å². The lowest BCUT2D eigenvalue weighted by Crippen LogP contribution is -2.65. The highest BCUT2D eigenvalue weighted by molar-refractivity contribution is 5.78. The SMILES string of the molecule is CCC1OC(=O)[C@H]2C[C@@H]1[C@]1(C=O)[C@H]2[C@@H](OC)O[C@@H]2CO[C@@H](c3ccccc3)O[C@H]21. The third-order valence-corrected chi connectivity index (χ3v) is 7.21. The first kappa shape index (κ1) is 19.2. The van der Waals surface area contributed by atoms with Crippen molar-refractivity contribution in [3.05, 3.63) is 35.9 Å². The number of carbonyl (C=O) groups is 2. The van der Waals surface area contributed by atoms with E-state index in [-0.39, 0.29) is 24.6 Å². The van der Waals surface area contributed by atoms with E-state index in [1.54, 1.807) is 7.11 Å². The van der Waals surface area contributed by atoms with Gasteiger partial charge in [-0.1, -0.05) is 37.3 Å². The number of hydrogen-bond acceptors (Lipinski definition) is 7. The van der Waals surface area contributed by atoms with Gasteiger partial charge in [0, 0.05) is 24.5 Å². The minimum absolute atomic E-state index is 0.124. The number of methoxy groups -OCH3 is 1. The fraction of sp³-hybridized carbons (Fsp3) is 0.636. The molecule has 3 heterocycles. The molecule has 2 bridgehead atoms. The molecule has 3 aliphatic heterocycles. The molecule has 4 aliphatic rings. The van der Waals surface area contributed by atoms with Gasteiger partial charge in [0.1, 0.15) is 24.6 Å². The number of hydrogen-bond donors (Lipinski definition) is 0. The highest BCUT2D eigenvalue weighted by Crippen LogP contribution is 2.63. The summed E-state index contributed by atoms with van der Waals surface area (Å²) in [6.45, 7) is 2.27. The van der Waals surface area contributed by atoms with Gasteiger partial charge in [0.2, 0.25) is 0 Å². The zero-order chi connectivity index (χ0) is 20.2. The first-order chi connectivity index (χ1) is 14.1. The monoisotopic (exact) mass is 402 g/mol. The molecule has 5 rings (SSSR count). The molecule has 3 saturated heterocycles. The number of benzene rings is 1. The fourth-order valence-corrected chi connectivity index (χ4v) is 6.01. The maximum Gasteiger partial charge on any atom is 0.309 e. The summed E-state index contributed by atoms with van der Waals surface area (Å²) in [5.74, 6) is -1.26. The fourth-order valence-electron chi connectivity index (χ4n) is 6.01. The van der Waals surface area contributed by atoms with Gasteiger partial charge < -0.3 is 28.5 Å². The van der Waals surface area contributed by atoms with Crippen molar-refractivity contribution in [2.24, 2.45) is 23.2 Å². The smallest absolute Gasteiger partial charge is 0.309 e. The van der Waals surface area contributed by atoms with Crippen LogP contribution in [0.5, 0.6) is 0 Å². The first-order valence-corrected chi connectivity index (χ1v) is 10.3. The molecule has 9 atom stereocenters. The highest BCUT2D eigenvalue weighted by atomic mass is 16.7. The van der Waals surface area contributed by atoms with Gasteiger partial charge in [-0.25, -0.2) is 0 Å². The summed E-state index contributed by atoms with van der Waals surface area (Å²) in [5.41, 5.74) is -0.0319. The zero-order valence-electron chi connectivity index (χ0n) is 16.6. The Morgan fingerprint density at radius 1 is 1.24 bits per heavy atom. The average molecular weight is 402 g/mol. The molecule has 1 unspecified atom stereocenters. The molecule has 1 aromatic rings. The normalized spacial score (nSPS) is 45.8. The van der Waals surface area contributed by atoms with Gasteiger partial charge in [0.25, 0.3) is 0 Å². The second-order valence-electron chi connectivity index (χ2n) is 8.39. The molecule has 1 saturated carbocycles. The Kier molecular flexibility index (Phi) is 4.74. The van der Waals surface area contributed by atoms with Crippen LogP contribution in [0.25, 0.3) is 0 Å². The van der Waals surface area contributed by atoms with Gasteiger partial charge in [-0.05, 0) is 12.8 Å². The van der Waals surface area contributed by atoms with E-state index in [2.05, 4.69) is 0 Å². The van der Waals surface area contributed by atoms with E-state index in [1.807, 2.05) is 37.3 Å². The standard InChI is InChI=1S/C22H26O7/c1-3-15-14-9-13(19(24)27-15)17-21(25-2)28-16-10-26-20(12-7-5-4-6-8-12)29-18(16)22(14,17)11-23/h4-8,11,13-18,20-21H,3,9-10H2,1-2H3/t13-,14-,15?,16+,17+,18+,20+,21-,22+/m0/s1. The molecular weight excluding hydrogens is 376 g/mol. The van der Waals surface area contributed by atoms with Crippen LogP contribution in [0.15, 0.2) is 30.3 Å². The lowest BCUT2D eigenvalue weighted by atomic mass is 9.63. The molecule has 1 aromatic carbocycles. The van der Waals surface area contributed by atoms with E-state index in [0.717, 1.165) is 11.8 Å². The Morgan fingerprint density at radius 3 is 2.72 bits per heavy atom. The Balaban J connectivity index is 1.58. The number of cyclic esters (lactones) is 1. The van der Waals surface area contributed by atoms with Gasteiger partial charge in [0.15, 0.2) is 12.6 Å². The molecule has 0 N–H and O–H groups in total. The molecule has 7 heteroatoms. The summed E-state index contributed by atoms with van der Waals surface area (Å²) in [7, 11) is 1.54. The van der Waals surface area contributed by atoms with Crippen molar-refractivity contribution >= 4 is 12.3 Å². The second-order valence-corrected chi connectivity index (χ2v) is 8.39. The molecule has 0 radical (unpaired) electrons. The summed E-state index contributed by atoms with van der Waals surface area (Å²) in [6.07, 6.45) is -0.330. The lowest BCUT2D eigenvalue weighted by molar-refractivity contribution is -0.357. The van der Waals surface area contributed by atoms with E-state index in [9.17, 15) is 9.59 Å². The van der Waals surface area contributed by atoms with E-state index in [1.165, 1.54) is 0 Å². The van der Waals surface area contributed by atoms with Gasteiger partial charge in [0.05, 0.1) is 17.9 Å². The van der Waals surface area contributed by atoms with Crippen LogP contribution in [0.4, 0.5) is 0 Å². The molecule has 0 amide bonds. The lowest BCUT2D eigenvalue weighted by Gasteiger charge is -2.54. The number of esters is 1. The summed E-state index contributed by atoms with van der Waals surface area (Å²) in [5, 5.41) is 0. The third-order valence-electron chi connectivity index (χ3n) is 7.21. The summed E-state index contributed by atoms with van der Waals surface area (Å²) >= 11 is 0. The largest absolute Gasteiger partial charge is 0.462 e. The molecule has 0 aromatic heterocycles. The van der Waals surface area contributed by atoms with Crippen LogP contribution in [0, 0.1) is 23.2 Å². The maximum absolute atomic E-state index is 12.8. The second kappa shape index (κ2) is 7.16. The van der Waals surface area contributed by atoms with Gasteiger partial charge in [-0.2, -0.15) is 0 Å². The number of rotatable bonds is 4. The molecule has 0 spiro atoms. The molecule has 7 nitrogen and oxygen atoms in total. The predicted octanol–water partition coefficient (Wildman–Crippen LogP) is 2.24. The topological polar surface area (TPSA) is 80.3 Å². The third kappa shape index (κ3) is 2.64. The van der Waals surface area contributed by atoms with Crippen LogP contribution in [0.1, 0.15) is 31.6 Å². The number of ether oxygens (including phenoxy) is 5. The van der Waals surface area contributed by atoms with Crippen molar-refractivity contribution in [2.75, 3.05) is 13.7 Å². The number of aldehydes is 1. The molecule has 156 valence electrons. The predicted molar refractivity (Wildman–Crippen MR) is 99.4 cm³/mol. The van der Waals surface area contributed by atoms with E-state index >= 15 is 0 Å². The van der Waals surface area contributed by atoms with Crippen LogP contribution in [0.2, 0.25) is 0 Å². The van der Waals surface area contributed by atoms with Crippen LogP contribution in [-0.4, -0.2) is 50.6 Å². The summed E-state index contributed by atoms with van der Waals surface area (Å²) < 4.78 is 29.8. The minimum atomic E-state index is -0.919. The Morgan fingerprint density at radius 2 is 2.03 bits per heavy atom. The van der Waals surface area contributed by atoms with Gasteiger partial charge >= 0.3 is 5.97 Å². The molecule has 1 aliphatic carbocycles. The van der Waals surface area contributed by atoms with Crippen molar-refractivity contribution in [1.29, 1.82) is 0 Å². The molecular formula is C22H26O7. The van der Waals surface area contributed by atoms with Crippen LogP contribution < -0.4 is 0 Å². The van der Waals surface area contributed by atoms with Crippen molar-refractivity contribution in [3.63, 3.8) is 0 Å². The van der Waals surface area contributed by atoms with Crippen molar-refractivity contribution in [1.82, 2.24) is 0 Å². The first-order valence-electron chi connectivity index (χ1n) is 10.3. The van der Waals surface area contributed by atoms with Gasteiger partial charge in [-0.3, -0.25) is 4.79 Å². The maximum atomic E-state index is 12.8. The van der Waals surface area contributed by atoms with Crippen molar-refractivity contribution in [3.8, 4) is 0 Å². The average Bonchev–Trinajstić information content (AvgIpc) is 3.09. The molecule has 29 heavy (non-hydrogen) atoms. The Hall–Kier alpha value is -1.80. The van der Waals surface area contributed by atoms with E-state index in [0.29, 0.717) is 12.8 Å². The van der Waals surface area contributed by atoms with Crippen LogP contribution >= 0.6 is 0 Å². The van der Waals surface area contributed by atoms with Crippen molar-refractivity contribution < 1.29 is 33.3 Å². The van der Waals surface area contributed by atoms with E-state index < -0.39 is 42.0 Å². The zero-order valence-corrected chi connectivity index (χ0v) is 16.6. The summed E-state index contributed by atoms with van der Waals surface area (Å²) in [6, 6.07) is 9.65. The molecule has 4 fully saturated rings. The van der Waals surface area contributed by atoms with Crippen molar-refractivity contribution in [2.45, 2.75) is 50.7 Å². The number of fused-ring (bicyclic) bond motifs is 7. The quantitative estimate of drug-likeness (QED) is 0.564. The van der Waals surface area contributed by atoms with Crippen LogP contribution in [0.3, 0.4) is 0 Å².